The van der Waals surface area contributed by atoms with Gasteiger partial charge in [0.05, 0.1) is 0 Å². The first-order chi connectivity index (χ1) is 9.10. The highest BCUT2D eigenvalue weighted by Gasteiger charge is 2.21. The third-order valence-electron chi connectivity index (χ3n) is 2.98. The van der Waals surface area contributed by atoms with E-state index in [1.807, 2.05) is 55.4 Å². The molecule has 2 rings (SSSR count). The van der Waals surface area contributed by atoms with Gasteiger partial charge in [-0.3, -0.25) is 4.79 Å². The molecule has 0 bridgehead atoms. The van der Waals surface area contributed by atoms with Crippen LogP contribution in [0.3, 0.4) is 0 Å². The fourth-order valence-corrected chi connectivity index (χ4v) is 1.90. The highest BCUT2D eigenvalue weighted by molar-refractivity contribution is 5.84. The number of hydrogen-bond donors (Lipinski definition) is 1. The molecule has 1 atom stereocenters. The topological polar surface area (TPSA) is 41.6 Å². The second-order valence-electron chi connectivity index (χ2n) is 4.53. The summed E-state index contributed by atoms with van der Waals surface area (Å²) in [7, 11) is 3.49. The number of carbonyl (C=O) groups excluding carboxylic acids is 1. The first-order valence-corrected chi connectivity index (χ1v) is 6.18. The molecule has 1 unspecified atom stereocenters. The molecule has 0 spiro atoms. The molecule has 1 amide bonds. The Morgan fingerprint density at radius 3 is 2.89 bits per heavy atom. The molecule has 1 aliphatic rings. The van der Waals surface area contributed by atoms with Crippen LogP contribution in [0, 0.1) is 6.92 Å². The molecule has 4 nitrogen and oxygen atoms in total. The number of benzene rings is 1. The molecule has 100 valence electrons. The van der Waals surface area contributed by atoms with Gasteiger partial charge in [-0.1, -0.05) is 12.1 Å². The maximum atomic E-state index is 11.7. The van der Waals surface area contributed by atoms with Gasteiger partial charge in [-0.2, -0.15) is 0 Å². The second kappa shape index (κ2) is 5.61. The molecule has 0 saturated heterocycles. The largest absolute Gasteiger partial charge is 0.458 e. The summed E-state index contributed by atoms with van der Waals surface area (Å²) in [5.41, 5.74) is 1.14. The molecular weight excluding hydrogens is 240 g/mol. The molecule has 0 radical (unpaired) electrons. The molecule has 1 aromatic carbocycles. The minimum atomic E-state index is -0.338. The standard InChI is InChI=1S/C15H18N2O2/c1-11-5-4-6-12(9-11)19-13-7-8-17(3)14(10-13)15(18)16-2/h4-10,14H,1-3H3,(H,16,18). The number of ether oxygens (including phenoxy) is 1. The van der Waals surface area contributed by atoms with Crippen molar-refractivity contribution in [3.05, 3.63) is 53.9 Å². The van der Waals surface area contributed by atoms with Gasteiger partial charge in [0.2, 0.25) is 5.91 Å². The Balaban J connectivity index is 2.16. The lowest BCUT2D eigenvalue weighted by atomic mass is 10.1. The maximum absolute atomic E-state index is 11.7. The van der Waals surface area contributed by atoms with Gasteiger partial charge in [0.1, 0.15) is 17.6 Å². The molecule has 1 N–H and O–H groups in total. The molecule has 1 aromatic rings. The molecule has 1 heterocycles. The van der Waals surface area contributed by atoms with Crippen molar-refractivity contribution in [3.63, 3.8) is 0 Å². The fraction of sp³-hybridized carbons (Fsp3) is 0.267. The Hall–Kier alpha value is -2.23. The fourth-order valence-electron chi connectivity index (χ4n) is 1.90. The number of likely N-dealkylation sites (N-methyl/N-ethyl adjacent to an activating group) is 2. The highest BCUT2D eigenvalue weighted by Crippen LogP contribution is 2.19. The van der Waals surface area contributed by atoms with Gasteiger partial charge in [0.15, 0.2) is 0 Å². The van der Waals surface area contributed by atoms with E-state index in [0.29, 0.717) is 5.76 Å². The molecule has 19 heavy (non-hydrogen) atoms. The summed E-state index contributed by atoms with van der Waals surface area (Å²) in [6.45, 7) is 2.01. The quantitative estimate of drug-likeness (QED) is 0.899. The number of rotatable bonds is 3. The van der Waals surface area contributed by atoms with Gasteiger partial charge in [0.25, 0.3) is 0 Å². The predicted octanol–water partition coefficient (Wildman–Crippen LogP) is 1.83. The van der Waals surface area contributed by atoms with E-state index in [9.17, 15) is 4.79 Å². The smallest absolute Gasteiger partial charge is 0.246 e. The van der Waals surface area contributed by atoms with Gasteiger partial charge in [-0.15, -0.1) is 0 Å². The van der Waals surface area contributed by atoms with Crippen LogP contribution < -0.4 is 10.1 Å². The Kier molecular flexibility index (Phi) is 3.90. The minimum absolute atomic E-state index is 0.0582. The van der Waals surface area contributed by atoms with E-state index < -0.39 is 0 Å². The van der Waals surface area contributed by atoms with Gasteiger partial charge in [0, 0.05) is 20.3 Å². The van der Waals surface area contributed by atoms with Crippen molar-refractivity contribution < 1.29 is 9.53 Å². The van der Waals surface area contributed by atoms with Crippen LogP contribution in [0.1, 0.15) is 5.56 Å². The average Bonchev–Trinajstić information content (AvgIpc) is 2.40. The molecule has 0 aromatic heterocycles. The number of nitrogens with zero attached hydrogens (tertiary/aromatic N) is 1. The summed E-state index contributed by atoms with van der Waals surface area (Å²) in [6.07, 6.45) is 5.49. The van der Waals surface area contributed by atoms with Crippen molar-refractivity contribution >= 4 is 5.91 Å². The summed E-state index contributed by atoms with van der Waals surface area (Å²) in [5, 5.41) is 2.64. The zero-order chi connectivity index (χ0) is 13.8. The molecule has 0 saturated carbocycles. The van der Waals surface area contributed by atoms with Gasteiger partial charge < -0.3 is 15.0 Å². The van der Waals surface area contributed by atoms with Crippen LogP contribution in [-0.4, -0.2) is 30.9 Å². The molecule has 4 heteroatoms. The van der Waals surface area contributed by atoms with E-state index in [4.69, 9.17) is 4.74 Å². The number of nitrogens with one attached hydrogen (secondary N) is 1. The Labute approximate surface area is 113 Å². The summed E-state index contributed by atoms with van der Waals surface area (Å²) in [5.74, 6) is 1.39. The summed E-state index contributed by atoms with van der Waals surface area (Å²) < 4.78 is 5.78. The van der Waals surface area contributed by atoms with E-state index in [1.165, 1.54) is 0 Å². The van der Waals surface area contributed by atoms with Gasteiger partial charge >= 0.3 is 0 Å². The Morgan fingerprint density at radius 1 is 1.42 bits per heavy atom. The first kappa shape index (κ1) is 13.2. The normalized spacial score (nSPS) is 17.9. The Bertz CT molecular complexity index is 535. The van der Waals surface area contributed by atoms with Crippen molar-refractivity contribution in [1.82, 2.24) is 10.2 Å². The van der Waals surface area contributed by atoms with Crippen molar-refractivity contribution in [2.75, 3.05) is 14.1 Å². The van der Waals surface area contributed by atoms with E-state index in [-0.39, 0.29) is 11.9 Å². The molecule has 0 fully saturated rings. The minimum Gasteiger partial charge on any atom is -0.458 e. The molecular formula is C15H18N2O2. The van der Waals surface area contributed by atoms with E-state index >= 15 is 0 Å². The maximum Gasteiger partial charge on any atom is 0.246 e. The Morgan fingerprint density at radius 2 is 2.21 bits per heavy atom. The van der Waals surface area contributed by atoms with Crippen LogP contribution in [0.25, 0.3) is 0 Å². The summed E-state index contributed by atoms with van der Waals surface area (Å²) in [4.78, 5) is 13.6. The van der Waals surface area contributed by atoms with Crippen LogP contribution in [0.15, 0.2) is 48.4 Å². The SMILES string of the molecule is CNC(=O)C1C=C(Oc2cccc(C)c2)C=CN1C. The molecule has 1 aliphatic heterocycles. The van der Waals surface area contributed by atoms with E-state index in [0.717, 1.165) is 11.3 Å². The second-order valence-corrected chi connectivity index (χ2v) is 4.53. The third kappa shape index (κ3) is 3.16. The molecule has 0 aliphatic carbocycles. The first-order valence-electron chi connectivity index (χ1n) is 6.18. The van der Waals surface area contributed by atoms with Crippen molar-refractivity contribution in [1.29, 1.82) is 0 Å². The van der Waals surface area contributed by atoms with Gasteiger partial charge in [-0.05, 0) is 36.8 Å². The average molecular weight is 258 g/mol. The van der Waals surface area contributed by atoms with Crippen LogP contribution >= 0.6 is 0 Å². The zero-order valence-corrected chi connectivity index (χ0v) is 11.4. The highest BCUT2D eigenvalue weighted by atomic mass is 16.5. The third-order valence-corrected chi connectivity index (χ3v) is 2.98. The van der Waals surface area contributed by atoms with E-state index in [1.54, 1.807) is 13.1 Å². The predicted molar refractivity (Wildman–Crippen MR) is 74.6 cm³/mol. The van der Waals surface area contributed by atoms with Crippen molar-refractivity contribution in [2.45, 2.75) is 13.0 Å². The lowest BCUT2D eigenvalue weighted by Gasteiger charge is -2.26. The van der Waals surface area contributed by atoms with Crippen LogP contribution in [0.4, 0.5) is 0 Å². The number of aryl methyl sites for hydroxylation is 1. The number of hydrogen-bond acceptors (Lipinski definition) is 3. The summed E-state index contributed by atoms with van der Waals surface area (Å²) in [6, 6.07) is 7.48. The van der Waals surface area contributed by atoms with Crippen molar-refractivity contribution in [2.24, 2.45) is 0 Å². The lowest BCUT2D eigenvalue weighted by molar-refractivity contribution is -0.123. The van der Waals surface area contributed by atoms with Crippen LogP contribution in [0.5, 0.6) is 5.75 Å². The van der Waals surface area contributed by atoms with Gasteiger partial charge in [-0.25, -0.2) is 0 Å². The number of amides is 1. The zero-order valence-electron chi connectivity index (χ0n) is 11.4. The lowest BCUT2D eigenvalue weighted by Crippen LogP contribution is -2.41. The van der Waals surface area contributed by atoms with Crippen molar-refractivity contribution in [3.8, 4) is 5.75 Å². The van der Waals surface area contributed by atoms with Crippen LogP contribution in [0.2, 0.25) is 0 Å². The summed E-state index contributed by atoms with van der Waals surface area (Å²) >= 11 is 0. The van der Waals surface area contributed by atoms with E-state index in [2.05, 4.69) is 5.32 Å². The number of allylic oxidation sites excluding steroid dienone is 1. The number of carbonyl (C=O) groups is 1. The van der Waals surface area contributed by atoms with Crippen LogP contribution in [-0.2, 0) is 4.79 Å². The monoisotopic (exact) mass is 258 g/mol.